The molecule has 3 heterocycles. The third kappa shape index (κ3) is 3.18. The lowest BCUT2D eigenvalue weighted by molar-refractivity contribution is -0.141. The van der Waals surface area contributed by atoms with Crippen LogP contribution in [0.5, 0.6) is 0 Å². The van der Waals surface area contributed by atoms with Crippen molar-refractivity contribution in [3.8, 4) is 6.07 Å². The van der Waals surface area contributed by atoms with Crippen LogP contribution in [-0.2, 0) is 13.2 Å². The van der Waals surface area contributed by atoms with E-state index in [1.807, 2.05) is 11.0 Å². The maximum absolute atomic E-state index is 12.8. The molecule has 1 aliphatic rings. The second kappa shape index (κ2) is 6.11. The van der Waals surface area contributed by atoms with Gasteiger partial charge in [0.05, 0.1) is 12.4 Å². The molecule has 1 atom stereocenters. The first-order valence-corrected chi connectivity index (χ1v) is 7.46. The zero-order valence-electron chi connectivity index (χ0n) is 13.0. The van der Waals surface area contributed by atoms with Crippen LogP contribution < -0.4 is 4.90 Å². The Balaban J connectivity index is 1.80. The summed E-state index contributed by atoms with van der Waals surface area (Å²) < 4.78 is 39.9. The zero-order chi connectivity index (χ0) is 17.3. The maximum Gasteiger partial charge on any atom is 0.434 e. The minimum atomic E-state index is -4.44. The summed E-state index contributed by atoms with van der Waals surface area (Å²) in [4.78, 5) is 13.9. The molecule has 1 aliphatic heterocycles. The Morgan fingerprint density at radius 1 is 1.29 bits per heavy atom. The van der Waals surface area contributed by atoms with Crippen LogP contribution in [0.15, 0.2) is 18.6 Å². The number of piperidine rings is 1. The van der Waals surface area contributed by atoms with Crippen molar-refractivity contribution in [2.75, 3.05) is 18.0 Å². The van der Waals surface area contributed by atoms with E-state index in [1.54, 1.807) is 7.05 Å². The van der Waals surface area contributed by atoms with Crippen LogP contribution in [-0.4, -0.2) is 32.6 Å². The quantitative estimate of drug-likeness (QED) is 0.843. The number of aryl methyl sites for hydroxylation is 1. The molecule has 24 heavy (non-hydrogen) atoms. The Kier molecular flexibility index (Phi) is 4.13. The molecule has 0 aromatic carbocycles. The fourth-order valence-electron chi connectivity index (χ4n) is 2.93. The first-order valence-electron chi connectivity index (χ1n) is 7.46. The van der Waals surface area contributed by atoms with Gasteiger partial charge < -0.3 is 9.47 Å². The number of alkyl halides is 3. The van der Waals surface area contributed by atoms with Gasteiger partial charge in [-0.05, 0) is 12.8 Å². The number of aromatic nitrogens is 4. The van der Waals surface area contributed by atoms with Crippen molar-refractivity contribution in [2.45, 2.75) is 24.9 Å². The van der Waals surface area contributed by atoms with Crippen LogP contribution in [0.2, 0.25) is 0 Å². The summed E-state index contributed by atoms with van der Waals surface area (Å²) in [6.07, 6.45) is 1.07. The lowest BCUT2D eigenvalue weighted by Crippen LogP contribution is -2.35. The van der Waals surface area contributed by atoms with E-state index >= 15 is 0 Å². The maximum atomic E-state index is 12.8. The number of hydrogen-bond donors (Lipinski definition) is 0. The highest BCUT2D eigenvalue weighted by atomic mass is 19.4. The van der Waals surface area contributed by atoms with Gasteiger partial charge in [-0.1, -0.05) is 0 Å². The zero-order valence-corrected chi connectivity index (χ0v) is 13.0. The highest BCUT2D eigenvalue weighted by Crippen LogP contribution is 2.32. The molecular weight excluding hydrogens is 321 g/mol. The van der Waals surface area contributed by atoms with Gasteiger partial charge in [0, 0.05) is 32.3 Å². The average Bonchev–Trinajstić information content (AvgIpc) is 2.97. The summed E-state index contributed by atoms with van der Waals surface area (Å²) in [5.41, 5.74) is -0.637. The van der Waals surface area contributed by atoms with Gasteiger partial charge in [0.15, 0.2) is 11.4 Å². The number of rotatable bonds is 2. The van der Waals surface area contributed by atoms with Crippen molar-refractivity contribution in [2.24, 2.45) is 7.05 Å². The third-order valence-corrected chi connectivity index (χ3v) is 4.07. The number of halogens is 3. The summed E-state index contributed by atoms with van der Waals surface area (Å²) in [6, 6.07) is 1.90. The van der Waals surface area contributed by atoms with E-state index in [4.69, 9.17) is 5.26 Å². The van der Waals surface area contributed by atoms with Crippen molar-refractivity contribution in [1.82, 2.24) is 19.5 Å². The van der Waals surface area contributed by atoms with Crippen LogP contribution in [0.1, 0.15) is 36.0 Å². The SMILES string of the molecule is Cn1cc(C(F)(F)F)nc1[C@H]1CCCN(c2cnc(C#N)cn2)C1. The van der Waals surface area contributed by atoms with E-state index in [2.05, 4.69) is 15.0 Å². The molecule has 2 aromatic rings. The Bertz CT molecular complexity index is 759. The standard InChI is InChI=1S/C15H15F3N6/c1-23-9-12(15(16,17)18)22-14(23)10-3-2-4-24(8-10)13-7-20-11(5-19)6-21-13/h6-7,9-10H,2-4,8H2,1H3/t10-/m0/s1. The normalized spacial score (nSPS) is 18.5. The van der Waals surface area contributed by atoms with Crippen LogP contribution in [0.4, 0.5) is 19.0 Å². The van der Waals surface area contributed by atoms with E-state index in [9.17, 15) is 13.2 Å². The Labute approximate surface area is 136 Å². The molecule has 0 saturated carbocycles. The molecule has 9 heteroatoms. The number of anilines is 1. The molecule has 0 spiro atoms. The molecule has 2 aromatic heterocycles. The van der Waals surface area contributed by atoms with Crippen LogP contribution in [0, 0.1) is 11.3 Å². The molecule has 6 nitrogen and oxygen atoms in total. The number of hydrogen-bond acceptors (Lipinski definition) is 5. The van der Waals surface area contributed by atoms with Gasteiger partial charge in [-0.2, -0.15) is 18.4 Å². The number of nitrogens with zero attached hydrogens (tertiary/aromatic N) is 6. The average molecular weight is 336 g/mol. The van der Waals surface area contributed by atoms with Crippen LogP contribution in [0.3, 0.4) is 0 Å². The minimum absolute atomic E-state index is 0.114. The highest BCUT2D eigenvalue weighted by molar-refractivity contribution is 5.38. The highest BCUT2D eigenvalue weighted by Gasteiger charge is 2.36. The molecular formula is C15H15F3N6. The molecule has 1 fully saturated rings. The third-order valence-electron chi connectivity index (χ3n) is 4.07. The van der Waals surface area contributed by atoms with Gasteiger partial charge in [0.1, 0.15) is 17.7 Å². The van der Waals surface area contributed by atoms with Gasteiger partial charge in [0.2, 0.25) is 0 Å². The van der Waals surface area contributed by atoms with Crippen molar-refractivity contribution in [3.63, 3.8) is 0 Å². The van der Waals surface area contributed by atoms with Gasteiger partial charge >= 0.3 is 6.18 Å². The smallest absolute Gasteiger partial charge is 0.355 e. The van der Waals surface area contributed by atoms with E-state index < -0.39 is 11.9 Å². The van der Waals surface area contributed by atoms with Gasteiger partial charge in [0.25, 0.3) is 0 Å². The summed E-state index contributed by atoms with van der Waals surface area (Å²) in [6.45, 7) is 1.26. The van der Waals surface area contributed by atoms with E-state index in [0.29, 0.717) is 18.2 Å². The minimum Gasteiger partial charge on any atom is -0.355 e. The first kappa shape index (κ1) is 16.2. The lowest BCUT2D eigenvalue weighted by Gasteiger charge is -2.33. The second-order valence-corrected chi connectivity index (χ2v) is 5.75. The van der Waals surface area contributed by atoms with Crippen molar-refractivity contribution >= 4 is 5.82 Å². The molecule has 0 amide bonds. The van der Waals surface area contributed by atoms with Gasteiger partial charge in [-0.15, -0.1) is 0 Å². The molecule has 126 valence electrons. The first-order chi connectivity index (χ1) is 11.4. The Morgan fingerprint density at radius 2 is 2.08 bits per heavy atom. The number of nitriles is 1. The fraction of sp³-hybridized carbons (Fsp3) is 0.467. The van der Waals surface area contributed by atoms with Crippen molar-refractivity contribution in [3.05, 3.63) is 35.8 Å². The summed E-state index contributed by atoms with van der Waals surface area (Å²) in [5.74, 6) is 0.926. The van der Waals surface area contributed by atoms with Gasteiger partial charge in [-0.3, -0.25) is 0 Å². The predicted octanol–water partition coefficient (Wildman–Crippen LogP) is 2.48. The second-order valence-electron chi connectivity index (χ2n) is 5.75. The van der Waals surface area contributed by atoms with E-state index in [1.165, 1.54) is 17.0 Å². The number of imidazole rings is 1. The van der Waals surface area contributed by atoms with Crippen molar-refractivity contribution in [1.29, 1.82) is 5.26 Å². The van der Waals surface area contributed by atoms with Crippen LogP contribution in [0.25, 0.3) is 0 Å². The Hall–Kier alpha value is -2.63. The summed E-state index contributed by atoms with van der Waals surface area (Å²) in [7, 11) is 1.58. The fourth-order valence-corrected chi connectivity index (χ4v) is 2.93. The largest absolute Gasteiger partial charge is 0.434 e. The molecule has 1 saturated heterocycles. The van der Waals surface area contributed by atoms with E-state index in [-0.39, 0.29) is 11.6 Å². The van der Waals surface area contributed by atoms with Crippen LogP contribution >= 0.6 is 0 Å². The summed E-state index contributed by atoms with van der Waals surface area (Å²) in [5, 5.41) is 8.76. The van der Waals surface area contributed by atoms with Gasteiger partial charge in [-0.25, -0.2) is 15.0 Å². The predicted molar refractivity (Wildman–Crippen MR) is 79.1 cm³/mol. The molecule has 0 N–H and O–H groups in total. The molecule has 3 rings (SSSR count). The Morgan fingerprint density at radius 3 is 2.67 bits per heavy atom. The lowest BCUT2D eigenvalue weighted by atomic mass is 9.97. The topological polar surface area (TPSA) is 70.6 Å². The van der Waals surface area contributed by atoms with E-state index in [0.717, 1.165) is 25.6 Å². The molecule has 0 unspecified atom stereocenters. The van der Waals surface area contributed by atoms with Crippen molar-refractivity contribution < 1.29 is 13.2 Å². The molecule has 0 aliphatic carbocycles. The summed E-state index contributed by atoms with van der Waals surface area (Å²) >= 11 is 0. The molecule has 0 radical (unpaired) electrons. The monoisotopic (exact) mass is 336 g/mol. The molecule has 0 bridgehead atoms.